The first-order valence-corrected chi connectivity index (χ1v) is 12.4. The molecule has 0 saturated carbocycles. The van der Waals surface area contributed by atoms with Gasteiger partial charge in [0.25, 0.3) is 5.91 Å². The minimum Gasteiger partial charge on any atom is -0.366 e. The fraction of sp³-hybridized carbons (Fsp3) is 0.167. The lowest BCUT2D eigenvalue weighted by molar-refractivity contribution is -0.120. The molecule has 41 heavy (non-hydrogen) atoms. The van der Waals surface area contributed by atoms with Crippen LogP contribution in [0.1, 0.15) is 34.0 Å². The van der Waals surface area contributed by atoms with Gasteiger partial charge in [-0.15, -0.1) is 0 Å². The molecule has 0 unspecified atom stereocenters. The van der Waals surface area contributed by atoms with Crippen molar-refractivity contribution in [3.05, 3.63) is 112 Å². The van der Waals surface area contributed by atoms with Crippen LogP contribution in [0.5, 0.6) is 0 Å². The number of primary amides is 1. The third kappa shape index (κ3) is 6.51. The van der Waals surface area contributed by atoms with Crippen LogP contribution >= 0.6 is 0 Å². The van der Waals surface area contributed by atoms with Gasteiger partial charge in [-0.25, -0.2) is 22.0 Å². The van der Waals surface area contributed by atoms with Crippen molar-refractivity contribution in [2.75, 3.05) is 7.05 Å². The maximum atomic E-state index is 14.2. The summed E-state index contributed by atoms with van der Waals surface area (Å²) in [5.41, 5.74) is 6.52. The maximum Gasteiger partial charge on any atom is 0.251 e. The molecule has 4 aromatic rings. The average molecular weight is 569 g/mol. The van der Waals surface area contributed by atoms with Crippen molar-refractivity contribution < 1.29 is 31.5 Å². The Morgan fingerprint density at radius 3 is 2.29 bits per heavy atom. The second-order valence-electron chi connectivity index (χ2n) is 9.27. The van der Waals surface area contributed by atoms with E-state index in [0.717, 1.165) is 30.3 Å². The number of hydrogen-bond donors (Lipinski definition) is 3. The Morgan fingerprint density at radius 1 is 0.976 bits per heavy atom. The molecular formula is C30H25F5N4O2. The van der Waals surface area contributed by atoms with E-state index in [0.29, 0.717) is 22.8 Å². The number of fused-ring (bicyclic) bond motifs is 1. The first-order chi connectivity index (χ1) is 19.5. The first kappa shape index (κ1) is 29.2. The van der Waals surface area contributed by atoms with Crippen molar-refractivity contribution in [3.8, 4) is 0 Å². The van der Waals surface area contributed by atoms with Gasteiger partial charge in [0.1, 0.15) is 29.1 Å². The van der Waals surface area contributed by atoms with Crippen LogP contribution in [0.25, 0.3) is 16.5 Å². The highest BCUT2D eigenvalue weighted by atomic mass is 19.1. The summed E-state index contributed by atoms with van der Waals surface area (Å²) in [6.07, 6.45) is 2.61. The molecule has 3 aromatic carbocycles. The Hall–Kier alpha value is -4.80. The molecule has 0 aliphatic heterocycles. The van der Waals surface area contributed by atoms with E-state index in [9.17, 15) is 31.5 Å². The first-order valence-electron chi connectivity index (χ1n) is 12.4. The van der Waals surface area contributed by atoms with Crippen molar-refractivity contribution in [1.29, 1.82) is 0 Å². The molecule has 11 heteroatoms. The lowest BCUT2D eigenvalue weighted by Crippen LogP contribution is -2.43. The minimum atomic E-state index is -0.985. The van der Waals surface area contributed by atoms with E-state index < -0.39 is 46.9 Å². The molecule has 2 amide bonds. The number of H-pyrrole nitrogens is 1. The summed E-state index contributed by atoms with van der Waals surface area (Å²) < 4.78 is 70.2. The van der Waals surface area contributed by atoms with Crippen LogP contribution < -0.4 is 11.1 Å². The number of allylic oxidation sites excluding steroid dienone is 1. The van der Waals surface area contributed by atoms with Crippen LogP contribution in [0.3, 0.4) is 0 Å². The lowest BCUT2D eigenvalue weighted by Gasteiger charge is -2.24. The molecule has 4 N–H and O–H groups in total. The van der Waals surface area contributed by atoms with Crippen molar-refractivity contribution in [2.24, 2.45) is 10.7 Å². The fourth-order valence-electron chi connectivity index (χ4n) is 4.76. The highest BCUT2D eigenvalue weighted by molar-refractivity contribution is 6.27. The van der Waals surface area contributed by atoms with Crippen molar-refractivity contribution in [3.63, 3.8) is 0 Å². The number of nitrogens with two attached hydrogens (primary N) is 1. The quantitative estimate of drug-likeness (QED) is 0.186. The number of benzene rings is 3. The van der Waals surface area contributed by atoms with E-state index in [4.69, 9.17) is 5.73 Å². The van der Waals surface area contributed by atoms with Gasteiger partial charge in [-0.2, -0.15) is 0 Å². The Kier molecular flexibility index (Phi) is 8.65. The van der Waals surface area contributed by atoms with Gasteiger partial charge in [0.15, 0.2) is 0 Å². The number of nitrogens with zero attached hydrogens (tertiary/aromatic N) is 1. The second kappa shape index (κ2) is 12.2. The predicted octanol–water partition coefficient (Wildman–Crippen LogP) is 5.41. The molecule has 0 spiro atoms. The number of hydrogen-bond acceptors (Lipinski definition) is 3. The van der Waals surface area contributed by atoms with Gasteiger partial charge >= 0.3 is 0 Å². The maximum absolute atomic E-state index is 14.2. The van der Waals surface area contributed by atoms with E-state index in [1.165, 1.54) is 25.4 Å². The molecule has 0 aliphatic carbocycles. The Bertz CT molecular complexity index is 1690. The number of carbonyl (C=O) groups excluding carboxylic acids is 2. The summed E-state index contributed by atoms with van der Waals surface area (Å²) in [4.78, 5) is 32.0. The van der Waals surface area contributed by atoms with Gasteiger partial charge in [0.2, 0.25) is 5.91 Å². The van der Waals surface area contributed by atoms with Gasteiger partial charge in [0.05, 0.1) is 29.3 Å². The topological polar surface area (TPSA) is 100 Å². The van der Waals surface area contributed by atoms with Crippen molar-refractivity contribution in [2.45, 2.75) is 25.8 Å². The van der Waals surface area contributed by atoms with E-state index in [1.54, 1.807) is 13.0 Å². The normalized spacial score (nSPS) is 13.0. The van der Waals surface area contributed by atoms with Crippen molar-refractivity contribution in [1.82, 2.24) is 10.3 Å². The number of amides is 2. The second-order valence-corrected chi connectivity index (χ2v) is 9.27. The molecule has 0 fully saturated rings. The van der Waals surface area contributed by atoms with Crippen LogP contribution in [0.4, 0.5) is 22.0 Å². The molecule has 0 radical (unpaired) electrons. The summed E-state index contributed by atoms with van der Waals surface area (Å²) in [7, 11) is 1.44. The summed E-state index contributed by atoms with van der Waals surface area (Å²) in [6.45, 7) is 1.66. The SMILES string of the molecule is C/C=C(\C(=NC)[C@H](Cc1cc(F)cc(F)c1)NC(=O)Cc1c[nH]c2c(F)cc(F)cc12)c1ccc(F)c(C(N)=O)c1. The van der Waals surface area contributed by atoms with E-state index in [-0.39, 0.29) is 40.6 Å². The van der Waals surface area contributed by atoms with Crippen molar-refractivity contribution >= 4 is 34.0 Å². The zero-order valence-electron chi connectivity index (χ0n) is 22.0. The number of halogens is 5. The summed E-state index contributed by atoms with van der Waals surface area (Å²) in [6, 6.07) is 7.50. The van der Waals surface area contributed by atoms with Gasteiger partial charge in [0, 0.05) is 36.3 Å². The third-order valence-corrected chi connectivity index (χ3v) is 6.52. The molecule has 4 rings (SSSR count). The van der Waals surface area contributed by atoms with E-state index in [1.807, 2.05) is 0 Å². The van der Waals surface area contributed by atoms with Crippen LogP contribution in [-0.4, -0.2) is 35.6 Å². The monoisotopic (exact) mass is 568 g/mol. The molecule has 1 aromatic heterocycles. The Morgan fingerprint density at radius 2 is 1.66 bits per heavy atom. The van der Waals surface area contributed by atoms with E-state index in [2.05, 4.69) is 15.3 Å². The van der Waals surface area contributed by atoms with Crippen LogP contribution in [0, 0.1) is 29.1 Å². The van der Waals surface area contributed by atoms with Crippen LogP contribution in [-0.2, 0) is 17.6 Å². The zero-order chi connectivity index (χ0) is 29.8. The highest BCUT2D eigenvalue weighted by Crippen LogP contribution is 2.25. The number of aromatic amines is 1. The van der Waals surface area contributed by atoms with Crippen LogP contribution in [0.2, 0.25) is 0 Å². The van der Waals surface area contributed by atoms with Gasteiger partial charge < -0.3 is 16.0 Å². The fourth-order valence-corrected chi connectivity index (χ4v) is 4.76. The molecule has 1 atom stereocenters. The third-order valence-electron chi connectivity index (χ3n) is 6.52. The largest absolute Gasteiger partial charge is 0.366 e. The van der Waals surface area contributed by atoms with Crippen LogP contribution in [0.15, 0.2) is 65.8 Å². The minimum absolute atomic E-state index is 0.0366. The average Bonchev–Trinajstić information content (AvgIpc) is 3.29. The Labute approximate surface area is 231 Å². The van der Waals surface area contributed by atoms with Gasteiger partial charge in [-0.1, -0.05) is 12.1 Å². The lowest BCUT2D eigenvalue weighted by atomic mass is 9.91. The molecule has 1 heterocycles. The molecule has 6 nitrogen and oxygen atoms in total. The smallest absolute Gasteiger partial charge is 0.251 e. The number of nitrogens with one attached hydrogen (secondary N) is 2. The zero-order valence-corrected chi connectivity index (χ0v) is 22.0. The summed E-state index contributed by atoms with van der Waals surface area (Å²) in [5.74, 6) is -5.65. The van der Waals surface area contributed by atoms with E-state index >= 15 is 0 Å². The molecule has 0 bridgehead atoms. The van der Waals surface area contributed by atoms with Gasteiger partial charge in [-0.3, -0.25) is 14.6 Å². The number of rotatable bonds is 9. The molecule has 0 aliphatic rings. The Balaban J connectivity index is 1.71. The summed E-state index contributed by atoms with van der Waals surface area (Å²) in [5, 5.41) is 2.98. The molecular weight excluding hydrogens is 543 g/mol. The number of aromatic nitrogens is 1. The standard InChI is InChI=1S/C30H25F5N4O2/c1-3-21(16-4-5-24(34)23(9-16)30(36)41)29(37-2)26(8-15-6-18(31)11-19(32)7-15)39-27(40)10-17-14-38-28-22(17)12-20(33)13-25(28)35/h3-7,9,11-14,26,38H,8,10H2,1-2H3,(H2,36,41)(H,39,40)/b21-3-,37-29?/t26-/m0/s1. The summed E-state index contributed by atoms with van der Waals surface area (Å²) >= 11 is 0. The number of aliphatic imine (C=N–C) groups is 1. The molecule has 212 valence electrons. The highest BCUT2D eigenvalue weighted by Gasteiger charge is 2.25. The van der Waals surface area contributed by atoms with Gasteiger partial charge in [-0.05, 0) is 60.4 Å². The molecule has 0 saturated heterocycles. The number of carbonyl (C=O) groups is 2. The predicted molar refractivity (Wildman–Crippen MR) is 146 cm³/mol.